The molecule has 15 heteroatoms. The highest BCUT2D eigenvalue weighted by Crippen LogP contribution is 2.54. The molecule has 2 aliphatic rings. The fraction of sp³-hybridized carbons (Fsp3) is 0.400. The normalized spacial score (nSPS) is 19.1. The SMILES string of the molecule is [C-]#[N+]CCOP(OC1C(COC2(c3ccccc3)c3cc(C)ccc3Oc3ccc(C)cc32)OC(n2cc(C)c(NC(=O)c3ccccc3)nc2=O)C1OCCOC)N(C(C)C)C(C)C. The number of carbonyl (C=O) groups excluding carboxylic acids is 1. The molecular formula is C50H58N5O9P. The highest BCUT2D eigenvalue weighted by molar-refractivity contribution is 7.44. The number of carbonyl (C=O) groups is 1. The summed E-state index contributed by atoms with van der Waals surface area (Å²) >= 11 is 0. The lowest BCUT2D eigenvalue weighted by Gasteiger charge is -2.42. The molecule has 5 atom stereocenters. The van der Waals surface area contributed by atoms with Crippen molar-refractivity contribution in [1.82, 2.24) is 14.2 Å². The summed E-state index contributed by atoms with van der Waals surface area (Å²) in [5.41, 5.74) is 3.64. The number of hydrogen-bond donors (Lipinski definition) is 1. The van der Waals surface area contributed by atoms with Gasteiger partial charge in [0.05, 0.1) is 19.8 Å². The molecule has 65 heavy (non-hydrogen) atoms. The predicted molar refractivity (Wildman–Crippen MR) is 249 cm³/mol. The third-order valence-corrected chi connectivity index (χ3v) is 13.4. The van der Waals surface area contributed by atoms with Crippen LogP contribution < -0.4 is 15.7 Å². The van der Waals surface area contributed by atoms with E-state index in [0.29, 0.717) is 22.6 Å². The van der Waals surface area contributed by atoms with E-state index in [2.05, 4.69) is 59.6 Å². The van der Waals surface area contributed by atoms with E-state index < -0.39 is 50.3 Å². The van der Waals surface area contributed by atoms with Crippen molar-refractivity contribution in [2.45, 2.75) is 90.7 Å². The zero-order valence-corrected chi connectivity index (χ0v) is 39.1. The van der Waals surface area contributed by atoms with Gasteiger partial charge in [0, 0.05) is 47.6 Å². The van der Waals surface area contributed by atoms with Crippen molar-refractivity contribution in [1.29, 1.82) is 0 Å². The number of nitrogens with zero attached hydrogens (tertiary/aromatic N) is 4. The standard InChI is InChI=1S/C50H58N5O9P/c1-32(2)55(33(3)4)65(61-25-24-51-8)64-44-43(31-60-50(38-18-14-11-15-19-38)39-28-34(5)20-22-41(39)62-42-23-21-35(6)29-40(42)50)63-48(45(44)59-27-26-58-9)54-30-36(7)46(53-49(54)57)52-47(56)37-16-12-10-13-17-37/h10-23,28-30,32-33,43-45,48H,24-27,31H2,1-7,9H3,(H,52,53,56,57). The van der Waals surface area contributed by atoms with Crippen LogP contribution in [0, 0.1) is 27.3 Å². The van der Waals surface area contributed by atoms with Gasteiger partial charge in [0.2, 0.25) is 6.54 Å². The van der Waals surface area contributed by atoms with Crippen molar-refractivity contribution >= 4 is 20.3 Å². The molecular weight excluding hydrogens is 846 g/mol. The Balaban J connectivity index is 1.35. The summed E-state index contributed by atoms with van der Waals surface area (Å²) in [7, 11) is -0.255. The smallest absolute Gasteiger partial charge is 0.351 e. The first kappa shape index (κ1) is 47.6. The largest absolute Gasteiger partial charge is 0.457 e. The van der Waals surface area contributed by atoms with Crippen molar-refractivity contribution in [3.05, 3.63) is 164 Å². The first-order valence-corrected chi connectivity index (χ1v) is 23.0. The average Bonchev–Trinajstić information content (AvgIpc) is 3.62. The topological polar surface area (TPSA) is 136 Å². The number of hydrogen-bond acceptors (Lipinski definition) is 11. The van der Waals surface area contributed by atoms with Gasteiger partial charge in [-0.1, -0.05) is 71.8 Å². The number of nitrogens with one attached hydrogen (secondary N) is 1. The molecule has 1 N–H and O–H groups in total. The molecule has 0 saturated carbocycles. The second kappa shape index (κ2) is 21.3. The molecule has 0 radical (unpaired) electrons. The molecule has 4 aromatic carbocycles. The van der Waals surface area contributed by atoms with Crippen molar-refractivity contribution in [2.75, 3.05) is 45.4 Å². The van der Waals surface area contributed by atoms with Crippen LogP contribution >= 0.6 is 8.53 Å². The van der Waals surface area contributed by atoms with E-state index in [-0.39, 0.29) is 50.9 Å². The summed E-state index contributed by atoms with van der Waals surface area (Å²) in [5.74, 6) is 1.03. The van der Waals surface area contributed by atoms with Crippen molar-refractivity contribution in [2.24, 2.45) is 0 Å². The van der Waals surface area contributed by atoms with Crippen LogP contribution in [-0.4, -0.2) is 90.6 Å². The first-order valence-electron chi connectivity index (χ1n) is 21.9. The van der Waals surface area contributed by atoms with E-state index in [0.717, 1.165) is 27.8 Å². The molecule has 1 aromatic heterocycles. The molecule has 1 amide bonds. The van der Waals surface area contributed by atoms with Gasteiger partial charge < -0.3 is 42.9 Å². The fourth-order valence-corrected chi connectivity index (χ4v) is 10.1. The van der Waals surface area contributed by atoms with Gasteiger partial charge in [-0.15, -0.1) is 0 Å². The molecule has 1 saturated heterocycles. The van der Waals surface area contributed by atoms with Crippen LogP contribution in [0.25, 0.3) is 4.85 Å². The third-order valence-electron chi connectivity index (χ3n) is 11.3. The minimum absolute atomic E-state index is 0.00842. The van der Waals surface area contributed by atoms with Gasteiger partial charge in [0.25, 0.3) is 14.4 Å². The molecule has 3 heterocycles. The maximum Gasteiger partial charge on any atom is 0.351 e. The average molecular weight is 904 g/mol. The number of anilines is 1. The Morgan fingerprint density at radius 2 is 1.52 bits per heavy atom. The molecule has 14 nitrogen and oxygen atoms in total. The lowest BCUT2D eigenvalue weighted by Crippen LogP contribution is -2.44. The minimum Gasteiger partial charge on any atom is -0.457 e. The Morgan fingerprint density at radius 1 is 0.892 bits per heavy atom. The molecule has 1 fully saturated rings. The third kappa shape index (κ3) is 10.4. The summed E-state index contributed by atoms with van der Waals surface area (Å²) in [6.07, 6.45) is -2.18. The van der Waals surface area contributed by atoms with Gasteiger partial charge >= 0.3 is 5.69 Å². The number of ether oxygens (including phenoxy) is 5. The summed E-state index contributed by atoms with van der Waals surface area (Å²) < 4.78 is 50.3. The van der Waals surface area contributed by atoms with E-state index in [1.54, 1.807) is 44.5 Å². The Bertz CT molecular complexity index is 2460. The summed E-state index contributed by atoms with van der Waals surface area (Å²) in [6, 6.07) is 30.9. The maximum absolute atomic E-state index is 14.2. The van der Waals surface area contributed by atoms with Crippen LogP contribution in [0.3, 0.4) is 0 Å². The van der Waals surface area contributed by atoms with Crippen LogP contribution in [0.4, 0.5) is 5.82 Å². The predicted octanol–water partition coefficient (Wildman–Crippen LogP) is 9.13. The quantitative estimate of drug-likeness (QED) is 0.0483. The van der Waals surface area contributed by atoms with E-state index in [1.165, 1.54) is 4.57 Å². The lowest BCUT2D eigenvalue weighted by molar-refractivity contribution is -0.100. The Hall–Kier alpha value is -5.33. The number of aryl methyl sites for hydroxylation is 3. The van der Waals surface area contributed by atoms with Gasteiger partial charge in [-0.25, -0.2) is 16.0 Å². The van der Waals surface area contributed by atoms with Gasteiger partial charge in [0.1, 0.15) is 42.2 Å². The van der Waals surface area contributed by atoms with Crippen molar-refractivity contribution < 1.29 is 37.5 Å². The van der Waals surface area contributed by atoms with Crippen LogP contribution in [0.5, 0.6) is 11.5 Å². The Kier molecular flexibility index (Phi) is 15.6. The maximum atomic E-state index is 14.2. The molecule has 0 bridgehead atoms. The minimum atomic E-state index is -1.84. The monoisotopic (exact) mass is 903 g/mol. The van der Waals surface area contributed by atoms with E-state index in [1.807, 2.05) is 74.5 Å². The van der Waals surface area contributed by atoms with Crippen LogP contribution in [-0.2, 0) is 33.6 Å². The second-order valence-corrected chi connectivity index (χ2v) is 18.1. The van der Waals surface area contributed by atoms with Gasteiger partial charge in [-0.3, -0.25) is 9.36 Å². The highest BCUT2D eigenvalue weighted by Gasteiger charge is 2.53. The number of amides is 1. The summed E-state index contributed by atoms with van der Waals surface area (Å²) in [6.45, 7) is 22.2. The molecule has 342 valence electrons. The molecule has 0 spiro atoms. The second-order valence-electron chi connectivity index (χ2n) is 16.7. The van der Waals surface area contributed by atoms with E-state index in [9.17, 15) is 9.59 Å². The van der Waals surface area contributed by atoms with Gasteiger partial charge in [0.15, 0.2) is 11.8 Å². The summed E-state index contributed by atoms with van der Waals surface area (Å²) in [5, 5.41) is 2.79. The molecule has 5 aromatic rings. The Morgan fingerprint density at radius 3 is 2.12 bits per heavy atom. The van der Waals surface area contributed by atoms with Gasteiger partial charge in [-0.05, 0) is 90.4 Å². The number of aromatic nitrogens is 2. The number of methoxy groups -OCH3 is 1. The number of rotatable bonds is 19. The van der Waals surface area contributed by atoms with Crippen LogP contribution in [0.2, 0.25) is 0 Å². The van der Waals surface area contributed by atoms with Crippen LogP contribution in [0.15, 0.2) is 108 Å². The van der Waals surface area contributed by atoms with E-state index in [4.69, 9.17) is 39.3 Å². The Labute approximate surface area is 382 Å². The zero-order valence-electron chi connectivity index (χ0n) is 38.2. The number of fused-ring (bicyclic) bond motifs is 2. The highest BCUT2D eigenvalue weighted by atomic mass is 31.2. The summed E-state index contributed by atoms with van der Waals surface area (Å²) in [4.78, 5) is 35.3. The van der Waals surface area contributed by atoms with Gasteiger partial charge in [-0.2, -0.15) is 4.98 Å². The lowest BCUT2D eigenvalue weighted by atomic mass is 9.77. The van der Waals surface area contributed by atoms with Crippen molar-refractivity contribution in [3.63, 3.8) is 0 Å². The molecule has 2 aliphatic heterocycles. The molecule has 7 rings (SSSR count). The van der Waals surface area contributed by atoms with E-state index >= 15 is 0 Å². The van der Waals surface area contributed by atoms with Crippen molar-refractivity contribution in [3.8, 4) is 11.5 Å². The fourth-order valence-electron chi connectivity index (χ4n) is 8.39. The molecule has 5 unspecified atom stereocenters. The first-order chi connectivity index (χ1) is 31.4. The molecule has 0 aliphatic carbocycles. The number of benzene rings is 4. The zero-order chi connectivity index (χ0) is 46.3. The van der Waals surface area contributed by atoms with Crippen LogP contribution in [0.1, 0.15) is 77.7 Å².